The molecule has 0 radical (unpaired) electrons. The molecule has 0 unspecified atom stereocenters. The van der Waals surface area contributed by atoms with Gasteiger partial charge in [0.15, 0.2) is 6.61 Å². The average molecular weight is 376 g/mol. The molecule has 0 fully saturated rings. The highest BCUT2D eigenvalue weighted by Crippen LogP contribution is 2.24. The number of carbonyl (C=O) groups is 2. The summed E-state index contributed by atoms with van der Waals surface area (Å²) in [4.78, 5) is 24.3. The topological polar surface area (TPSA) is 76.7 Å². The molecule has 0 atom stereocenters. The minimum absolute atomic E-state index is 0.123. The van der Waals surface area contributed by atoms with Crippen molar-refractivity contribution in [3.63, 3.8) is 0 Å². The van der Waals surface area contributed by atoms with Crippen molar-refractivity contribution < 1.29 is 19.1 Å². The summed E-state index contributed by atoms with van der Waals surface area (Å²) in [6, 6.07) is 22.9. The van der Waals surface area contributed by atoms with Gasteiger partial charge in [-0.05, 0) is 48.5 Å². The van der Waals surface area contributed by atoms with Gasteiger partial charge in [0.25, 0.3) is 11.8 Å². The van der Waals surface area contributed by atoms with E-state index in [2.05, 4.69) is 10.6 Å². The molecule has 0 aliphatic heterocycles. The first-order valence-electron chi connectivity index (χ1n) is 8.68. The summed E-state index contributed by atoms with van der Waals surface area (Å²) in [5.41, 5.74) is 1.76. The molecular formula is C22H20N2O4. The van der Waals surface area contributed by atoms with Crippen molar-refractivity contribution in [1.82, 2.24) is 0 Å². The molecule has 2 N–H and O–H groups in total. The molecule has 6 heteroatoms. The van der Waals surface area contributed by atoms with Crippen molar-refractivity contribution >= 4 is 23.2 Å². The van der Waals surface area contributed by atoms with Crippen molar-refractivity contribution in [2.45, 2.75) is 0 Å². The first-order chi connectivity index (χ1) is 13.7. The summed E-state index contributed by atoms with van der Waals surface area (Å²) in [7, 11) is 1.55. The van der Waals surface area contributed by atoms with Gasteiger partial charge in [-0.2, -0.15) is 0 Å². The number of hydrogen-bond donors (Lipinski definition) is 2. The normalized spacial score (nSPS) is 10.0. The van der Waals surface area contributed by atoms with Crippen molar-refractivity contribution in [1.29, 1.82) is 0 Å². The van der Waals surface area contributed by atoms with Crippen LogP contribution >= 0.6 is 0 Å². The van der Waals surface area contributed by atoms with Crippen LogP contribution < -0.4 is 20.1 Å². The van der Waals surface area contributed by atoms with E-state index in [4.69, 9.17) is 9.47 Å². The average Bonchev–Trinajstić information content (AvgIpc) is 2.73. The van der Waals surface area contributed by atoms with Gasteiger partial charge >= 0.3 is 0 Å². The highest BCUT2D eigenvalue weighted by atomic mass is 16.5. The molecule has 0 aromatic heterocycles. The Balaban J connectivity index is 1.54. The van der Waals surface area contributed by atoms with Crippen molar-refractivity contribution in [2.24, 2.45) is 0 Å². The summed E-state index contributed by atoms with van der Waals surface area (Å²) in [6.07, 6.45) is 0. The summed E-state index contributed by atoms with van der Waals surface area (Å²) in [5.74, 6) is 0.555. The Morgan fingerprint density at radius 3 is 2.21 bits per heavy atom. The zero-order valence-electron chi connectivity index (χ0n) is 15.3. The molecular weight excluding hydrogens is 356 g/mol. The maximum atomic E-state index is 12.4. The smallest absolute Gasteiger partial charge is 0.262 e. The lowest BCUT2D eigenvalue weighted by Gasteiger charge is -2.10. The van der Waals surface area contributed by atoms with E-state index in [1.54, 1.807) is 55.6 Å². The molecule has 2 amide bonds. The van der Waals surface area contributed by atoms with E-state index in [1.165, 1.54) is 0 Å². The van der Waals surface area contributed by atoms with Crippen LogP contribution in [0.25, 0.3) is 0 Å². The second kappa shape index (κ2) is 9.23. The fraction of sp³-hybridized carbons (Fsp3) is 0.0909. The molecule has 142 valence electrons. The van der Waals surface area contributed by atoms with Gasteiger partial charge in [0, 0.05) is 11.3 Å². The van der Waals surface area contributed by atoms with Gasteiger partial charge < -0.3 is 20.1 Å². The summed E-state index contributed by atoms with van der Waals surface area (Å²) in [5, 5.41) is 5.55. The van der Waals surface area contributed by atoms with E-state index in [9.17, 15) is 9.59 Å². The monoisotopic (exact) mass is 376 g/mol. The Kier molecular flexibility index (Phi) is 6.25. The number of benzene rings is 3. The Labute approximate surface area is 163 Å². The van der Waals surface area contributed by atoms with E-state index in [0.29, 0.717) is 28.4 Å². The molecule has 0 spiro atoms. The van der Waals surface area contributed by atoms with Crippen molar-refractivity contribution in [2.75, 3.05) is 24.4 Å². The molecule has 3 aromatic carbocycles. The molecule has 6 nitrogen and oxygen atoms in total. The van der Waals surface area contributed by atoms with Gasteiger partial charge in [0.05, 0.1) is 12.8 Å². The van der Waals surface area contributed by atoms with E-state index in [1.807, 2.05) is 30.3 Å². The van der Waals surface area contributed by atoms with Crippen LogP contribution in [-0.2, 0) is 4.79 Å². The van der Waals surface area contributed by atoms with E-state index >= 15 is 0 Å². The van der Waals surface area contributed by atoms with Gasteiger partial charge in [-0.25, -0.2) is 0 Å². The van der Waals surface area contributed by atoms with Crippen LogP contribution in [0.5, 0.6) is 11.5 Å². The van der Waals surface area contributed by atoms with Crippen LogP contribution in [0.1, 0.15) is 10.4 Å². The van der Waals surface area contributed by atoms with Gasteiger partial charge in [0.2, 0.25) is 0 Å². The van der Waals surface area contributed by atoms with E-state index in [0.717, 1.165) is 0 Å². The second-order valence-electron chi connectivity index (χ2n) is 5.88. The minimum atomic E-state index is -0.266. The molecule has 0 heterocycles. The molecule has 0 saturated carbocycles. The maximum absolute atomic E-state index is 12.4. The predicted octanol–water partition coefficient (Wildman–Crippen LogP) is 3.97. The highest BCUT2D eigenvalue weighted by Gasteiger charge is 2.10. The van der Waals surface area contributed by atoms with Crippen LogP contribution in [0.2, 0.25) is 0 Å². The molecule has 0 aliphatic rings. The molecule has 3 aromatic rings. The number of carbonyl (C=O) groups excluding carboxylic acids is 2. The van der Waals surface area contributed by atoms with Crippen LogP contribution in [0.15, 0.2) is 78.9 Å². The van der Waals surface area contributed by atoms with Crippen LogP contribution in [0.4, 0.5) is 11.4 Å². The summed E-state index contributed by atoms with van der Waals surface area (Å²) in [6.45, 7) is -0.123. The highest BCUT2D eigenvalue weighted by molar-refractivity contribution is 6.05. The fourth-order valence-corrected chi connectivity index (χ4v) is 2.51. The number of methoxy groups -OCH3 is 1. The lowest BCUT2D eigenvalue weighted by atomic mass is 10.2. The first kappa shape index (κ1) is 19.0. The lowest BCUT2D eigenvalue weighted by Crippen LogP contribution is -2.20. The standard InChI is InChI=1S/C22H20N2O4/c1-27-20-10-6-5-9-19(20)24-22(26)16-11-13-18(14-12-16)28-15-21(25)23-17-7-3-2-4-8-17/h2-14H,15H2,1H3,(H,23,25)(H,24,26). The minimum Gasteiger partial charge on any atom is -0.495 e. The molecule has 28 heavy (non-hydrogen) atoms. The zero-order chi connectivity index (χ0) is 19.8. The predicted molar refractivity (Wildman–Crippen MR) is 108 cm³/mol. The van der Waals surface area contributed by atoms with Gasteiger partial charge in [-0.3, -0.25) is 9.59 Å². The molecule has 0 saturated heterocycles. The maximum Gasteiger partial charge on any atom is 0.262 e. The van der Waals surface area contributed by atoms with E-state index < -0.39 is 0 Å². The third kappa shape index (κ3) is 5.11. The van der Waals surface area contributed by atoms with Gasteiger partial charge in [-0.1, -0.05) is 30.3 Å². The number of hydrogen-bond acceptors (Lipinski definition) is 4. The largest absolute Gasteiger partial charge is 0.495 e. The Bertz CT molecular complexity index is 940. The van der Waals surface area contributed by atoms with Gasteiger partial charge in [0.1, 0.15) is 11.5 Å². The van der Waals surface area contributed by atoms with Crippen LogP contribution in [0, 0.1) is 0 Å². The lowest BCUT2D eigenvalue weighted by molar-refractivity contribution is -0.118. The van der Waals surface area contributed by atoms with Crippen LogP contribution in [0.3, 0.4) is 0 Å². The number of nitrogens with one attached hydrogen (secondary N) is 2. The Hall–Kier alpha value is -3.80. The summed E-state index contributed by atoms with van der Waals surface area (Å²) >= 11 is 0. The molecule has 0 aliphatic carbocycles. The SMILES string of the molecule is COc1ccccc1NC(=O)c1ccc(OCC(=O)Nc2ccccc2)cc1. The Morgan fingerprint density at radius 1 is 0.821 bits per heavy atom. The number of para-hydroxylation sites is 3. The van der Waals surface area contributed by atoms with Gasteiger partial charge in [-0.15, -0.1) is 0 Å². The van der Waals surface area contributed by atoms with Crippen LogP contribution in [-0.4, -0.2) is 25.5 Å². The Morgan fingerprint density at radius 2 is 1.50 bits per heavy atom. The zero-order valence-corrected chi connectivity index (χ0v) is 15.3. The first-order valence-corrected chi connectivity index (χ1v) is 8.68. The quantitative estimate of drug-likeness (QED) is 0.654. The number of ether oxygens (including phenoxy) is 2. The molecule has 3 rings (SSSR count). The number of rotatable bonds is 7. The fourth-order valence-electron chi connectivity index (χ4n) is 2.51. The third-order valence-electron chi connectivity index (χ3n) is 3.90. The van der Waals surface area contributed by atoms with E-state index in [-0.39, 0.29) is 18.4 Å². The van der Waals surface area contributed by atoms with Crippen molar-refractivity contribution in [3.05, 3.63) is 84.4 Å². The number of anilines is 2. The number of amides is 2. The van der Waals surface area contributed by atoms with Crippen molar-refractivity contribution in [3.8, 4) is 11.5 Å². The summed E-state index contributed by atoms with van der Waals surface area (Å²) < 4.78 is 10.7. The molecule has 0 bridgehead atoms. The third-order valence-corrected chi connectivity index (χ3v) is 3.90. The second-order valence-corrected chi connectivity index (χ2v) is 5.88.